The first-order chi connectivity index (χ1) is 30.8. The molecule has 0 radical (unpaired) electrons. The Bertz CT molecular complexity index is 1220. The van der Waals surface area contributed by atoms with Crippen LogP contribution in [0.1, 0.15) is 232 Å². The molecule has 0 aliphatic heterocycles. The smallest absolute Gasteiger partial charge is 0.463 e. The number of allylic oxidation sites excluding steroid dienone is 10. The second-order valence-corrected chi connectivity index (χ2v) is 18.6. The molecule has 3 N–H and O–H groups in total. The molecule has 366 valence electrons. The summed E-state index contributed by atoms with van der Waals surface area (Å²) in [6, 6.07) is 0. The van der Waals surface area contributed by atoms with E-state index >= 15 is 0 Å². The quantitative estimate of drug-likeness (QED) is 0.0238. The summed E-state index contributed by atoms with van der Waals surface area (Å²) < 4.78 is 27.0. The molecule has 0 rings (SSSR count). The topological polar surface area (TPSA) is 131 Å². The van der Waals surface area contributed by atoms with E-state index in [1.54, 1.807) is 0 Å². The highest BCUT2D eigenvalue weighted by atomic mass is 31.2. The minimum Gasteiger partial charge on any atom is -0.463 e. The maximum absolute atomic E-state index is 12.2. The minimum absolute atomic E-state index is 0.0782. The van der Waals surface area contributed by atoms with Crippen molar-refractivity contribution < 1.29 is 37.9 Å². The lowest BCUT2D eigenvalue weighted by Crippen LogP contribution is -2.27. The third kappa shape index (κ3) is 50.6. The first-order valence-corrected chi connectivity index (χ1v) is 27.3. The van der Waals surface area contributed by atoms with Gasteiger partial charge in [0, 0.05) is 19.4 Å². The lowest BCUT2D eigenvalue weighted by Gasteiger charge is -2.15. The van der Waals surface area contributed by atoms with Gasteiger partial charge in [0.2, 0.25) is 5.91 Å². The first-order valence-electron chi connectivity index (χ1n) is 25.8. The number of phosphoric acid groups is 1. The van der Waals surface area contributed by atoms with Gasteiger partial charge in [0.25, 0.3) is 0 Å². The molecule has 0 bridgehead atoms. The fourth-order valence-corrected chi connectivity index (χ4v) is 7.76. The minimum atomic E-state index is -4.43. The van der Waals surface area contributed by atoms with Gasteiger partial charge in [-0.2, -0.15) is 0 Å². The number of unbranched alkanes of at least 4 members (excludes halogenated alkanes) is 25. The van der Waals surface area contributed by atoms with Crippen molar-refractivity contribution in [1.82, 2.24) is 5.32 Å². The molecule has 0 aliphatic rings. The van der Waals surface area contributed by atoms with Crippen LogP contribution >= 0.6 is 7.82 Å². The van der Waals surface area contributed by atoms with Crippen LogP contribution in [0.5, 0.6) is 0 Å². The predicted molar refractivity (Wildman–Crippen MR) is 266 cm³/mol. The lowest BCUT2D eigenvalue weighted by molar-refractivity contribution is -0.147. The molecule has 0 aliphatic carbocycles. The number of ether oxygens (including phenoxy) is 1. The number of hydrogen-bond acceptors (Lipinski definition) is 7. The van der Waals surface area contributed by atoms with Gasteiger partial charge in [-0.3, -0.25) is 18.6 Å². The molecule has 1 amide bonds. The van der Waals surface area contributed by atoms with Gasteiger partial charge in [0.15, 0.2) is 0 Å². The van der Waals surface area contributed by atoms with Crippen LogP contribution < -0.4 is 5.32 Å². The van der Waals surface area contributed by atoms with E-state index in [-0.39, 0.29) is 32.1 Å². The summed E-state index contributed by atoms with van der Waals surface area (Å²) in [5.74, 6) is -0.523. The maximum Gasteiger partial charge on any atom is 0.472 e. The van der Waals surface area contributed by atoms with Crippen LogP contribution in [0.2, 0.25) is 0 Å². The molecule has 0 aromatic carbocycles. The Labute approximate surface area is 387 Å². The number of carbonyl (C=O) groups excluding carboxylic acids is 2. The van der Waals surface area contributed by atoms with Crippen LogP contribution in [0.4, 0.5) is 0 Å². The summed E-state index contributed by atoms with van der Waals surface area (Å²) >= 11 is 0. The standard InChI is InChI=1S/C53H96NO8P/c1-3-5-7-9-11-13-15-17-19-21-23-25-27-29-31-33-35-37-39-41-43-45-52(56)54-47-48-61-63(58,59)62-50-51(55)49-60-53(57)46-44-42-40-38-36-34-32-30-28-26-24-22-20-18-16-14-12-10-8-6-4-2/h11-14,17-20,24,26,51,55H,3-10,15-16,21-23,25,27-50H2,1-2H3,(H,54,56)(H,58,59)/b13-11-,14-12-,19-17-,20-18-,26-24-. The Morgan fingerprint density at radius 1 is 0.492 bits per heavy atom. The number of aliphatic hydroxyl groups is 1. The molecule has 0 spiro atoms. The summed E-state index contributed by atoms with van der Waals surface area (Å²) in [7, 11) is -4.43. The highest BCUT2D eigenvalue weighted by molar-refractivity contribution is 7.47. The molecule has 0 heterocycles. The van der Waals surface area contributed by atoms with E-state index in [0.717, 1.165) is 70.6 Å². The van der Waals surface area contributed by atoms with E-state index in [0.29, 0.717) is 6.42 Å². The number of carbonyl (C=O) groups is 2. The van der Waals surface area contributed by atoms with Crippen molar-refractivity contribution in [2.24, 2.45) is 0 Å². The fraction of sp³-hybridized carbons (Fsp3) is 0.774. The second kappa shape index (κ2) is 49.2. The number of nitrogens with one attached hydrogen (secondary N) is 1. The van der Waals surface area contributed by atoms with Gasteiger partial charge in [-0.15, -0.1) is 0 Å². The van der Waals surface area contributed by atoms with Crippen LogP contribution in [-0.4, -0.2) is 54.3 Å². The van der Waals surface area contributed by atoms with E-state index in [4.69, 9.17) is 13.8 Å². The van der Waals surface area contributed by atoms with Crippen LogP contribution in [0, 0.1) is 0 Å². The SMILES string of the molecule is CCCCC/C=C\C/C=C\C/C=C\CCCCCCCCCCC(=O)OCC(O)COP(=O)(O)OCCNC(=O)CCCCCCCCCCCCC/C=C\C/C=C\CCCCC. The van der Waals surface area contributed by atoms with Crippen molar-refractivity contribution >= 4 is 19.7 Å². The van der Waals surface area contributed by atoms with Gasteiger partial charge >= 0.3 is 13.8 Å². The van der Waals surface area contributed by atoms with Crippen molar-refractivity contribution in [2.45, 2.75) is 238 Å². The molecule has 0 saturated heterocycles. The number of hydrogen-bond donors (Lipinski definition) is 3. The van der Waals surface area contributed by atoms with Crippen molar-refractivity contribution in [3.63, 3.8) is 0 Å². The Kier molecular flexibility index (Phi) is 47.4. The van der Waals surface area contributed by atoms with Crippen LogP contribution in [0.15, 0.2) is 60.8 Å². The highest BCUT2D eigenvalue weighted by Crippen LogP contribution is 2.42. The van der Waals surface area contributed by atoms with Crippen LogP contribution in [0.3, 0.4) is 0 Å². The van der Waals surface area contributed by atoms with Crippen molar-refractivity contribution in [3.05, 3.63) is 60.8 Å². The van der Waals surface area contributed by atoms with Gasteiger partial charge in [0.1, 0.15) is 12.7 Å². The Morgan fingerprint density at radius 2 is 0.857 bits per heavy atom. The van der Waals surface area contributed by atoms with Crippen LogP contribution in [0.25, 0.3) is 0 Å². The Balaban J connectivity index is 3.58. The van der Waals surface area contributed by atoms with Crippen molar-refractivity contribution in [3.8, 4) is 0 Å². The average Bonchev–Trinajstić information content (AvgIpc) is 3.27. The summed E-state index contributed by atoms with van der Waals surface area (Å²) in [5, 5.41) is 12.8. The summed E-state index contributed by atoms with van der Waals surface area (Å²) in [6.45, 7) is 3.51. The van der Waals surface area contributed by atoms with Gasteiger partial charge < -0.3 is 20.1 Å². The normalized spacial score (nSPS) is 13.7. The molecule has 9 nitrogen and oxygen atoms in total. The molecule has 10 heteroatoms. The third-order valence-corrected chi connectivity index (χ3v) is 11.9. The predicted octanol–water partition coefficient (Wildman–Crippen LogP) is 15.2. The number of amides is 1. The van der Waals surface area contributed by atoms with Gasteiger partial charge in [0.05, 0.1) is 13.2 Å². The number of esters is 1. The zero-order chi connectivity index (χ0) is 46.0. The molecule has 63 heavy (non-hydrogen) atoms. The average molecular weight is 906 g/mol. The van der Waals surface area contributed by atoms with Crippen LogP contribution in [-0.2, 0) is 27.9 Å². The van der Waals surface area contributed by atoms with Gasteiger partial charge in [-0.1, -0.05) is 197 Å². The molecular weight excluding hydrogens is 810 g/mol. The zero-order valence-electron chi connectivity index (χ0n) is 40.5. The molecule has 2 atom stereocenters. The third-order valence-electron chi connectivity index (χ3n) is 10.9. The molecule has 0 aromatic heterocycles. The Morgan fingerprint density at radius 3 is 1.29 bits per heavy atom. The first kappa shape index (κ1) is 60.7. The van der Waals surface area contributed by atoms with Crippen molar-refractivity contribution in [2.75, 3.05) is 26.4 Å². The molecule has 0 aromatic rings. The van der Waals surface area contributed by atoms with Gasteiger partial charge in [-0.05, 0) is 83.5 Å². The number of phosphoric ester groups is 1. The number of rotatable bonds is 48. The van der Waals surface area contributed by atoms with Crippen molar-refractivity contribution in [1.29, 1.82) is 0 Å². The molecular formula is C53H96NO8P. The van der Waals surface area contributed by atoms with E-state index in [1.807, 2.05) is 0 Å². The fourth-order valence-electron chi connectivity index (χ4n) is 7.01. The molecule has 0 fully saturated rings. The van der Waals surface area contributed by atoms with E-state index in [2.05, 4.69) is 79.9 Å². The lowest BCUT2D eigenvalue weighted by atomic mass is 10.0. The van der Waals surface area contributed by atoms with E-state index in [9.17, 15) is 24.2 Å². The highest BCUT2D eigenvalue weighted by Gasteiger charge is 2.23. The summed E-state index contributed by atoms with van der Waals surface area (Å²) in [4.78, 5) is 34.1. The Hall–Kier alpha value is -2.29. The second-order valence-electron chi connectivity index (χ2n) is 17.1. The van der Waals surface area contributed by atoms with E-state index < -0.39 is 26.5 Å². The van der Waals surface area contributed by atoms with Gasteiger partial charge in [-0.25, -0.2) is 4.57 Å². The maximum atomic E-state index is 12.2. The number of aliphatic hydroxyl groups excluding tert-OH is 1. The molecule has 0 saturated carbocycles. The summed E-state index contributed by atoms with van der Waals surface area (Å²) in [5.41, 5.74) is 0. The monoisotopic (exact) mass is 906 g/mol. The summed E-state index contributed by atoms with van der Waals surface area (Å²) in [6.07, 6.45) is 60.1. The largest absolute Gasteiger partial charge is 0.472 e. The molecule has 2 unspecified atom stereocenters. The zero-order valence-corrected chi connectivity index (χ0v) is 41.4. The van der Waals surface area contributed by atoms with E-state index in [1.165, 1.54) is 135 Å².